The molecule has 0 bridgehead atoms. The van der Waals surface area contributed by atoms with Crippen molar-refractivity contribution in [3.8, 4) is 11.3 Å². The lowest BCUT2D eigenvalue weighted by atomic mass is 9.93. The Kier molecular flexibility index (Phi) is 4.79. The minimum absolute atomic E-state index is 0.190. The number of nitrogens with zero attached hydrogens (tertiary/aromatic N) is 3. The molecule has 2 fully saturated rings. The average Bonchev–Trinajstić information content (AvgIpc) is 2.65. The normalized spacial score (nSPS) is 17.7. The maximum absolute atomic E-state index is 14.4. The van der Waals surface area contributed by atoms with Crippen LogP contribution in [0.4, 0.5) is 10.3 Å². The molecular weight excluding hydrogens is 335 g/mol. The van der Waals surface area contributed by atoms with Gasteiger partial charge in [0.15, 0.2) is 0 Å². The van der Waals surface area contributed by atoms with Gasteiger partial charge in [0, 0.05) is 30.9 Å². The molecule has 1 saturated carbocycles. The maximum Gasteiger partial charge on any atom is 0.255 e. The lowest BCUT2D eigenvalue weighted by Crippen LogP contribution is -2.40. The lowest BCUT2D eigenvalue weighted by Gasteiger charge is -2.28. The third-order valence-electron chi connectivity index (χ3n) is 4.88. The van der Waals surface area contributed by atoms with Crippen LogP contribution in [0, 0.1) is 5.82 Å². The molecule has 1 saturated heterocycles. The lowest BCUT2D eigenvalue weighted by molar-refractivity contribution is 0.0917. The zero-order valence-corrected chi connectivity index (χ0v) is 14.4. The summed E-state index contributed by atoms with van der Waals surface area (Å²) in [6.07, 6.45) is 4.59. The summed E-state index contributed by atoms with van der Waals surface area (Å²) in [5, 5.41) is 2.99. The number of morpholine rings is 1. The van der Waals surface area contributed by atoms with Gasteiger partial charge < -0.3 is 15.0 Å². The minimum atomic E-state index is -0.406. The molecule has 0 spiro atoms. The van der Waals surface area contributed by atoms with Crippen LogP contribution >= 0.6 is 0 Å². The Balaban J connectivity index is 1.72. The Labute approximate surface area is 151 Å². The Morgan fingerprint density at radius 3 is 2.69 bits per heavy atom. The van der Waals surface area contributed by atoms with Gasteiger partial charge in [0.05, 0.1) is 24.5 Å². The van der Waals surface area contributed by atoms with Crippen LogP contribution in [0.5, 0.6) is 0 Å². The van der Waals surface area contributed by atoms with Crippen LogP contribution in [0.15, 0.2) is 30.5 Å². The Bertz CT molecular complexity index is 804. The molecular formula is C19H21FN4O2. The third-order valence-corrected chi connectivity index (χ3v) is 4.88. The van der Waals surface area contributed by atoms with E-state index in [1.807, 2.05) is 4.90 Å². The molecule has 1 aromatic heterocycles. The van der Waals surface area contributed by atoms with Gasteiger partial charge in [-0.1, -0.05) is 12.1 Å². The monoisotopic (exact) mass is 356 g/mol. The molecule has 26 heavy (non-hydrogen) atoms. The van der Waals surface area contributed by atoms with Crippen LogP contribution in [0.3, 0.4) is 0 Å². The van der Waals surface area contributed by atoms with Crippen LogP contribution < -0.4 is 10.2 Å². The molecule has 136 valence electrons. The van der Waals surface area contributed by atoms with Gasteiger partial charge in [-0.3, -0.25) is 4.79 Å². The fourth-order valence-corrected chi connectivity index (χ4v) is 3.13. The van der Waals surface area contributed by atoms with Crippen molar-refractivity contribution >= 4 is 11.9 Å². The number of amides is 1. The summed E-state index contributed by atoms with van der Waals surface area (Å²) in [6.45, 7) is 2.54. The molecule has 0 atom stereocenters. The molecule has 4 rings (SSSR count). The highest BCUT2D eigenvalue weighted by Gasteiger charge is 2.25. The highest BCUT2D eigenvalue weighted by atomic mass is 19.1. The predicted molar refractivity (Wildman–Crippen MR) is 95.6 cm³/mol. The molecule has 2 heterocycles. The van der Waals surface area contributed by atoms with E-state index >= 15 is 0 Å². The van der Waals surface area contributed by atoms with E-state index in [9.17, 15) is 9.18 Å². The zero-order chi connectivity index (χ0) is 17.9. The first-order chi connectivity index (χ1) is 12.7. The maximum atomic E-state index is 14.4. The first-order valence-corrected chi connectivity index (χ1v) is 8.98. The van der Waals surface area contributed by atoms with Crippen LogP contribution in [0.2, 0.25) is 0 Å². The summed E-state index contributed by atoms with van der Waals surface area (Å²) >= 11 is 0. The number of ether oxygens (including phenoxy) is 1. The first-order valence-electron chi connectivity index (χ1n) is 8.98. The van der Waals surface area contributed by atoms with Crippen LogP contribution in [0.1, 0.15) is 29.6 Å². The number of rotatable bonds is 4. The molecule has 2 aromatic rings. The second kappa shape index (κ2) is 7.37. The van der Waals surface area contributed by atoms with Gasteiger partial charge in [-0.15, -0.1) is 0 Å². The second-order valence-corrected chi connectivity index (χ2v) is 6.61. The highest BCUT2D eigenvalue weighted by molar-refractivity contribution is 6.00. The van der Waals surface area contributed by atoms with E-state index in [0.717, 1.165) is 19.3 Å². The Hall–Kier alpha value is -2.54. The minimum Gasteiger partial charge on any atom is -0.378 e. The van der Waals surface area contributed by atoms with E-state index < -0.39 is 5.82 Å². The molecule has 7 heteroatoms. The van der Waals surface area contributed by atoms with Crippen molar-refractivity contribution in [3.63, 3.8) is 0 Å². The standard InChI is InChI=1S/C19H21FN4O2/c20-16-7-2-1-6-14(16)17-15(18(25)22-13-4-3-5-13)12-21-19(23-17)24-8-10-26-11-9-24/h1-2,6-7,12-13H,3-5,8-11H2,(H,22,25). The second-order valence-electron chi connectivity index (χ2n) is 6.61. The molecule has 1 N–H and O–H groups in total. The molecule has 1 aromatic carbocycles. The molecule has 0 unspecified atom stereocenters. The van der Waals surface area contributed by atoms with Crippen LogP contribution in [-0.4, -0.2) is 48.2 Å². The van der Waals surface area contributed by atoms with Crippen molar-refractivity contribution in [1.82, 2.24) is 15.3 Å². The van der Waals surface area contributed by atoms with Gasteiger partial charge in [0.25, 0.3) is 5.91 Å². The van der Waals surface area contributed by atoms with Gasteiger partial charge >= 0.3 is 0 Å². The molecule has 1 amide bonds. The van der Waals surface area contributed by atoms with Gasteiger partial charge in [0.1, 0.15) is 5.82 Å². The number of carbonyl (C=O) groups excluding carboxylic acids is 1. The number of carbonyl (C=O) groups is 1. The zero-order valence-electron chi connectivity index (χ0n) is 14.4. The highest BCUT2D eigenvalue weighted by Crippen LogP contribution is 2.27. The van der Waals surface area contributed by atoms with E-state index in [0.29, 0.717) is 49.1 Å². The summed E-state index contributed by atoms with van der Waals surface area (Å²) in [7, 11) is 0. The summed E-state index contributed by atoms with van der Waals surface area (Å²) in [5.74, 6) is -0.162. The average molecular weight is 356 g/mol. The van der Waals surface area contributed by atoms with Crippen molar-refractivity contribution in [1.29, 1.82) is 0 Å². The number of hydrogen-bond acceptors (Lipinski definition) is 5. The molecule has 0 radical (unpaired) electrons. The van der Waals surface area contributed by atoms with E-state index in [2.05, 4.69) is 15.3 Å². The summed E-state index contributed by atoms with van der Waals surface area (Å²) in [5.41, 5.74) is 0.943. The van der Waals surface area contributed by atoms with Crippen LogP contribution in [-0.2, 0) is 4.74 Å². The quantitative estimate of drug-likeness (QED) is 0.911. The largest absolute Gasteiger partial charge is 0.378 e. The van der Waals surface area contributed by atoms with Crippen molar-refractivity contribution in [2.45, 2.75) is 25.3 Å². The molecule has 1 aliphatic carbocycles. The Morgan fingerprint density at radius 1 is 1.23 bits per heavy atom. The van der Waals surface area contributed by atoms with E-state index in [-0.39, 0.29) is 11.9 Å². The summed E-state index contributed by atoms with van der Waals surface area (Å²) < 4.78 is 19.8. The third kappa shape index (κ3) is 3.39. The number of anilines is 1. The van der Waals surface area contributed by atoms with Crippen molar-refractivity contribution in [2.24, 2.45) is 0 Å². The first kappa shape index (κ1) is 16.9. The number of benzene rings is 1. The van der Waals surface area contributed by atoms with Gasteiger partial charge in [0.2, 0.25) is 5.95 Å². The number of hydrogen-bond donors (Lipinski definition) is 1. The number of nitrogens with one attached hydrogen (secondary N) is 1. The van der Waals surface area contributed by atoms with Crippen molar-refractivity contribution < 1.29 is 13.9 Å². The Morgan fingerprint density at radius 2 is 2.00 bits per heavy atom. The van der Waals surface area contributed by atoms with Crippen molar-refractivity contribution in [2.75, 3.05) is 31.2 Å². The predicted octanol–water partition coefficient (Wildman–Crippen LogP) is 2.40. The molecule has 6 nitrogen and oxygen atoms in total. The summed E-state index contributed by atoms with van der Waals surface area (Å²) in [6, 6.07) is 6.56. The van der Waals surface area contributed by atoms with E-state index in [1.54, 1.807) is 18.2 Å². The fraction of sp³-hybridized carbons (Fsp3) is 0.421. The van der Waals surface area contributed by atoms with Gasteiger partial charge in [-0.05, 0) is 31.4 Å². The number of halogens is 1. The molecule has 1 aliphatic heterocycles. The SMILES string of the molecule is O=C(NC1CCC1)c1cnc(N2CCOCC2)nc1-c1ccccc1F. The van der Waals surface area contributed by atoms with Gasteiger partial charge in [-0.2, -0.15) is 0 Å². The van der Waals surface area contributed by atoms with Crippen LogP contribution in [0.25, 0.3) is 11.3 Å². The van der Waals surface area contributed by atoms with E-state index in [4.69, 9.17) is 4.74 Å². The number of aromatic nitrogens is 2. The summed E-state index contributed by atoms with van der Waals surface area (Å²) in [4.78, 5) is 23.6. The van der Waals surface area contributed by atoms with Crippen molar-refractivity contribution in [3.05, 3.63) is 41.8 Å². The topological polar surface area (TPSA) is 67.4 Å². The smallest absolute Gasteiger partial charge is 0.255 e. The fourth-order valence-electron chi connectivity index (χ4n) is 3.13. The van der Waals surface area contributed by atoms with Gasteiger partial charge in [-0.25, -0.2) is 14.4 Å². The van der Waals surface area contributed by atoms with E-state index in [1.165, 1.54) is 12.3 Å². The molecule has 2 aliphatic rings.